The number of rotatable bonds is 4. The van der Waals surface area contributed by atoms with E-state index >= 15 is 0 Å². The summed E-state index contributed by atoms with van der Waals surface area (Å²) in [5.41, 5.74) is 6.47. The van der Waals surface area contributed by atoms with Crippen molar-refractivity contribution in [1.82, 2.24) is 10.2 Å². The van der Waals surface area contributed by atoms with Crippen LogP contribution in [-0.2, 0) is 16.4 Å². The number of H-pyrrole nitrogens is 1. The highest BCUT2D eigenvalue weighted by Gasteiger charge is 2.21. The van der Waals surface area contributed by atoms with E-state index in [1.807, 2.05) is 6.92 Å². The van der Waals surface area contributed by atoms with Gasteiger partial charge in [0.15, 0.2) is 5.82 Å². The number of nitrogen functional groups attached to an aromatic ring is 1. The van der Waals surface area contributed by atoms with Gasteiger partial charge in [-0.05, 0) is 34.5 Å². The van der Waals surface area contributed by atoms with E-state index in [4.69, 9.17) is 5.73 Å². The molecule has 0 atom stereocenters. The second-order valence-electron chi connectivity index (χ2n) is 4.04. The Balaban J connectivity index is 2.37. The number of nitrogens with zero attached hydrogens (tertiary/aromatic N) is 1. The van der Waals surface area contributed by atoms with Gasteiger partial charge in [-0.2, -0.15) is 5.10 Å². The van der Waals surface area contributed by atoms with Crippen LogP contribution in [0.15, 0.2) is 27.6 Å². The molecule has 0 aliphatic heterocycles. The van der Waals surface area contributed by atoms with Gasteiger partial charge in [0.1, 0.15) is 10.7 Å². The van der Waals surface area contributed by atoms with E-state index < -0.39 is 20.7 Å². The van der Waals surface area contributed by atoms with Crippen molar-refractivity contribution in [2.24, 2.45) is 0 Å². The van der Waals surface area contributed by atoms with Crippen LogP contribution in [0.3, 0.4) is 0 Å². The molecule has 0 radical (unpaired) electrons. The number of aromatic amines is 1. The number of hydrogen-bond acceptors (Lipinski definition) is 4. The number of anilines is 2. The summed E-state index contributed by atoms with van der Waals surface area (Å²) in [6.45, 7) is 1.89. The van der Waals surface area contributed by atoms with Gasteiger partial charge in [-0.3, -0.25) is 9.82 Å². The monoisotopic (exact) mass is 362 g/mol. The number of hydrogen-bond donors (Lipinski definition) is 3. The summed E-state index contributed by atoms with van der Waals surface area (Å²) in [7, 11) is -4.09. The van der Waals surface area contributed by atoms with Crippen molar-refractivity contribution in [3.8, 4) is 0 Å². The molecular weight excluding hydrogens is 351 g/mol. The van der Waals surface area contributed by atoms with Crippen molar-refractivity contribution in [3.05, 3.63) is 34.2 Å². The van der Waals surface area contributed by atoms with Gasteiger partial charge in [0.2, 0.25) is 0 Å². The molecule has 4 N–H and O–H groups in total. The number of aromatic nitrogens is 2. The molecule has 1 heterocycles. The smallest absolute Gasteiger partial charge is 0.266 e. The predicted octanol–water partition coefficient (Wildman–Crippen LogP) is 2.26. The van der Waals surface area contributed by atoms with Gasteiger partial charge in [-0.1, -0.05) is 6.92 Å². The topological polar surface area (TPSA) is 101 Å². The van der Waals surface area contributed by atoms with Crippen molar-refractivity contribution < 1.29 is 12.8 Å². The zero-order valence-corrected chi connectivity index (χ0v) is 12.8. The Labute approximate surface area is 123 Å². The van der Waals surface area contributed by atoms with Gasteiger partial charge < -0.3 is 5.73 Å². The lowest BCUT2D eigenvalue weighted by atomic mass is 10.3. The summed E-state index contributed by atoms with van der Waals surface area (Å²) < 4.78 is 40.5. The molecule has 0 amide bonds. The lowest BCUT2D eigenvalue weighted by Crippen LogP contribution is -2.15. The predicted molar refractivity (Wildman–Crippen MR) is 77.3 cm³/mol. The molecule has 1 aromatic carbocycles. The molecule has 2 rings (SSSR count). The van der Waals surface area contributed by atoms with Crippen LogP contribution in [0.25, 0.3) is 0 Å². The Morgan fingerprint density at radius 3 is 2.75 bits per heavy atom. The zero-order valence-electron chi connectivity index (χ0n) is 10.4. The Bertz CT molecular complexity index is 745. The average molecular weight is 363 g/mol. The molecule has 9 heteroatoms. The largest absolute Gasteiger partial charge is 0.398 e. The molecule has 6 nitrogen and oxygen atoms in total. The van der Waals surface area contributed by atoms with Crippen LogP contribution >= 0.6 is 15.9 Å². The fourth-order valence-corrected chi connectivity index (χ4v) is 2.94. The molecule has 108 valence electrons. The number of aryl methyl sites for hydroxylation is 1. The Morgan fingerprint density at radius 2 is 2.15 bits per heavy atom. The third-order valence-corrected chi connectivity index (χ3v) is 4.65. The lowest BCUT2D eigenvalue weighted by Gasteiger charge is -2.08. The van der Waals surface area contributed by atoms with E-state index in [1.165, 1.54) is 6.07 Å². The maximum absolute atomic E-state index is 13.8. The Hall–Kier alpha value is -1.61. The van der Waals surface area contributed by atoms with E-state index in [0.717, 1.165) is 17.8 Å². The van der Waals surface area contributed by atoms with E-state index in [0.29, 0.717) is 10.9 Å². The summed E-state index contributed by atoms with van der Waals surface area (Å²) >= 11 is 3.03. The first-order valence-corrected chi connectivity index (χ1v) is 7.92. The number of benzene rings is 1. The molecule has 0 saturated carbocycles. The summed E-state index contributed by atoms with van der Waals surface area (Å²) in [5.74, 6) is -0.799. The SMILES string of the molecule is CCc1cc(NS(=O)(=O)c2cc(N)c(Br)cc2F)n[nH]1. The molecule has 0 unspecified atom stereocenters. The van der Waals surface area contributed by atoms with Crippen molar-refractivity contribution in [2.45, 2.75) is 18.2 Å². The second-order valence-corrected chi connectivity index (χ2v) is 6.55. The van der Waals surface area contributed by atoms with Crippen LogP contribution in [0.1, 0.15) is 12.6 Å². The highest BCUT2D eigenvalue weighted by molar-refractivity contribution is 9.10. The van der Waals surface area contributed by atoms with E-state index in [2.05, 4.69) is 30.8 Å². The number of sulfonamides is 1. The van der Waals surface area contributed by atoms with Crippen molar-refractivity contribution >= 4 is 37.5 Å². The van der Waals surface area contributed by atoms with Gasteiger partial charge in [-0.15, -0.1) is 0 Å². The van der Waals surface area contributed by atoms with Crippen LogP contribution in [0.5, 0.6) is 0 Å². The minimum absolute atomic E-state index is 0.0998. The van der Waals surface area contributed by atoms with Crippen molar-refractivity contribution in [1.29, 1.82) is 0 Å². The summed E-state index contributed by atoms with van der Waals surface area (Å²) in [6, 6.07) is 3.60. The normalized spacial score (nSPS) is 11.6. The third kappa shape index (κ3) is 2.93. The molecule has 0 fully saturated rings. The molecule has 0 aliphatic rings. The molecule has 0 saturated heterocycles. The lowest BCUT2D eigenvalue weighted by molar-refractivity contribution is 0.570. The van der Waals surface area contributed by atoms with Crippen LogP contribution in [-0.4, -0.2) is 18.6 Å². The molecule has 0 bridgehead atoms. The summed E-state index contributed by atoms with van der Waals surface area (Å²) in [4.78, 5) is -0.528. The van der Waals surface area contributed by atoms with Crippen LogP contribution in [0.2, 0.25) is 0 Å². The van der Waals surface area contributed by atoms with Crippen LogP contribution in [0.4, 0.5) is 15.9 Å². The van der Waals surface area contributed by atoms with Crippen molar-refractivity contribution in [2.75, 3.05) is 10.5 Å². The Kier molecular flexibility index (Phi) is 4.00. The second kappa shape index (κ2) is 5.41. The molecule has 0 spiro atoms. The number of nitrogens with two attached hydrogens (primary N) is 1. The molecule has 20 heavy (non-hydrogen) atoms. The first kappa shape index (κ1) is 14.8. The number of nitrogens with one attached hydrogen (secondary N) is 2. The maximum Gasteiger partial charge on any atom is 0.266 e. The molecule has 0 aliphatic carbocycles. The minimum atomic E-state index is -4.09. The fraction of sp³-hybridized carbons (Fsp3) is 0.182. The van der Waals surface area contributed by atoms with E-state index in [-0.39, 0.29) is 11.5 Å². The average Bonchev–Trinajstić information content (AvgIpc) is 2.80. The van der Waals surface area contributed by atoms with Gasteiger partial charge in [0.05, 0.1) is 0 Å². The van der Waals surface area contributed by atoms with E-state index in [1.54, 1.807) is 0 Å². The van der Waals surface area contributed by atoms with Crippen LogP contribution < -0.4 is 10.5 Å². The fourth-order valence-electron chi connectivity index (χ4n) is 1.54. The van der Waals surface area contributed by atoms with E-state index in [9.17, 15) is 12.8 Å². The third-order valence-electron chi connectivity index (χ3n) is 2.59. The standard InChI is InChI=1S/C11H12BrFN4O2S/c1-2-6-3-11(16-15-6)17-20(18,19)10-5-9(14)7(12)4-8(10)13/h3-5H,2,14H2,1H3,(H2,15,16,17). The molecular formula is C11H12BrFN4O2S. The van der Waals surface area contributed by atoms with Gasteiger partial charge in [0, 0.05) is 21.9 Å². The molecule has 2 aromatic rings. The van der Waals surface area contributed by atoms with Crippen molar-refractivity contribution in [3.63, 3.8) is 0 Å². The highest BCUT2D eigenvalue weighted by Crippen LogP contribution is 2.27. The van der Waals surface area contributed by atoms with Gasteiger partial charge in [0.25, 0.3) is 10.0 Å². The minimum Gasteiger partial charge on any atom is -0.398 e. The summed E-state index contributed by atoms with van der Waals surface area (Å²) in [6.07, 6.45) is 0.675. The first-order chi connectivity index (χ1) is 9.33. The quantitative estimate of drug-likeness (QED) is 0.726. The first-order valence-electron chi connectivity index (χ1n) is 5.65. The van der Waals surface area contributed by atoms with Crippen LogP contribution in [0, 0.1) is 5.82 Å². The van der Waals surface area contributed by atoms with Gasteiger partial charge >= 0.3 is 0 Å². The summed E-state index contributed by atoms with van der Waals surface area (Å²) in [5, 5.41) is 6.45. The maximum atomic E-state index is 13.8. The zero-order chi connectivity index (χ0) is 14.9. The number of halogens is 2. The van der Waals surface area contributed by atoms with Gasteiger partial charge in [-0.25, -0.2) is 12.8 Å². The Morgan fingerprint density at radius 1 is 1.45 bits per heavy atom. The highest BCUT2D eigenvalue weighted by atomic mass is 79.9. The molecule has 1 aromatic heterocycles.